The summed E-state index contributed by atoms with van der Waals surface area (Å²) in [6, 6.07) is 12.5. The highest BCUT2D eigenvalue weighted by molar-refractivity contribution is 5.79. The Morgan fingerprint density at radius 3 is 2.46 bits per heavy atom. The van der Waals surface area contributed by atoms with Crippen molar-refractivity contribution in [3.63, 3.8) is 0 Å². The van der Waals surface area contributed by atoms with E-state index in [1.54, 1.807) is 13.3 Å². The summed E-state index contributed by atoms with van der Waals surface area (Å²) in [4.78, 5) is 6.63. The molecule has 0 spiro atoms. The summed E-state index contributed by atoms with van der Waals surface area (Å²) in [6.45, 7) is 4.22. The minimum Gasteiger partial charge on any atom is -0.467 e. The molecule has 0 radical (unpaired) electrons. The molecular weight excluding hydrogens is 328 g/mol. The van der Waals surface area contributed by atoms with Crippen molar-refractivity contribution < 1.29 is 9.52 Å². The number of hydrogen-bond acceptors (Lipinski definition) is 4. The number of piperidine rings is 1. The molecule has 140 valence electrons. The number of hydrogen-bond donors (Lipinski definition) is 3. The van der Waals surface area contributed by atoms with E-state index in [4.69, 9.17) is 4.42 Å². The topological polar surface area (TPSA) is 73.0 Å². The predicted octanol–water partition coefficient (Wildman–Crippen LogP) is 2.10. The zero-order chi connectivity index (χ0) is 18.2. The summed E-state index contributed by atoms with van der Waals surface area (Å²) >= 11 is 0. The van der Waals surface area contributed by atoms with Gasteiger partial charge in [0.1, 0.15) is 5.76 Å². The van der Waals surface area contributed by atoms with Crippen molar-refractivity contribution in [2.45, 2.75) is 38.6 Å². The van der Waals surface area contributed by atoms with Gasteiger partial charge in [-0.05, 0) is 36.1 Å². The minimum absolute atomic E-state index is 0.115. The van der Waals surface area contributed by atoms with Crippen LogP contribution in [0, 0.1) is 0 Å². The molecule has 1 fully saturated rings. The smallest absolute Gasteiger partial charge is 0.191 e. The number of benzene rings is 1. The number of aliphatic hydroxyl groups is 1. The van der Waals surface area contributed by atoms with E-state index in [0.717, 1.165) is 44.2 Å². The Labute approximate surface area is 154 Å². The lowest BCUT2D eigenvalue weighted by Gasteiger charge is -2.29. The average Bonchev–Trinajstić information content (AvgIpc) is 3.18. The Morgan fingerprint density at radius 1 is 1.12 bits per heavy atom. The van der Waals surface area contributed by atoms with Crippen molar-refractivity contribution >= 4 is 5.96 Å². The van der Waals surface area contributed by atoms with Crippen molar-refractivity contribution in [3.05, 3.63) is 59.5 Å². The normalized spacial score (nSPS) is 16.6. The van der Waals surface area contributed by atoms with E-state index >= 15 is 0 Å². The molecule has 2 heterocycles. The fraction of sp³-hybridized carbons (Fsp3) is 0.450. The number of nitrogens with one attached hydrogen (secondary N) is 2. The summed E-state index contributed by atoms with van der Waals surface area (Å²) in [5, 5.41) is 16.1. The second-order valence-corrected chi connectivity index (χ2v) is 6.68. The van der Waals surface area contributed by atoms with Gasteiger partial charge in [0.2, 0.25) is 0 Å². The number of aliphatic hydroxyl groups excluding tert-OH is 1. The maximum Gasteiger partial charge on any atom is 0.191 e. The van der Waals surface area contributed by atoms with E-state index in [1.807, 2.05) is 12.1 Å². The number of rotatable bonds is 6. The van der Waals surface area contributed by atoms with Gasteiger partial charge in [0.15, 0.2) is 5.96 Å². The van der Waals surface area contributed by atoms with E-state index in [0.29, 0.717) is 13.1 Å². The molecule has 6 nitrogen and oxygen atoms in total. The van der Waals surface area contributed by atoms with E-state index in [-0.39, 0.29) is 6.10 Å². The molecule has 0 aliphatic carbocycles. The maximum atomic E-state index is 9.59. The van der Waals surface area contributed by atoms with Crippen molar-refractivity contribution in [1.29, 1.82) is 0 Å². The molecule has 3 N–H and O–H groups in total. The predicted molar refractivity (Wildman–Crippen MR) is 103 cm³/mol. The third kappa shape index (κ3) is 5.61. The van der Waals surface area contributed by atoms with Crippen LogP contribution in [0.4, 0.5) is 0 Å². The van der Waals surface area contributed by atoms with Crippen LogP contribution in [0.2, 0.25) is 0 Å². The largest absolute Gasteiger partial charge is 0.467 e. The second-order valence-electron chi connectivity index (χ2n) is 6.68. The van der Waals surface area contributed by atoms with Gasteiger partial charge in [0.25, 0.3) is 0 Å². The highest BCUT2D eigenvalue weighted by Gasteiger charge is 2.16. The minimum atomic E-state index is -0.115. The lowest BCUT2D eigenvalue weighted by atomic mass is 10.1. The molecule has 1 aliphatic heterocycles. The van der Waals surface area contributed by atoms with Gasteiger partial charge in [0, 0.05) is 33.2 Å². The highest BCUT2D eigenvalue weighted by Crippen LogP contribution is 2.14. The first-order valence-corrected chi connectivity index (χ1v) is 9.18. The lowest BCUT2D eigenvalue weighted by Crippen LogP contribution is -2.36. The standard InChI is InChI=1S/C20H28N4O2/c1-21-20(23-14-19-3-2-12-26-19)22-13-16-4-6-17(7-5-16)15-24-10-8-18(25)9-11-24/h2-7,12,18,25H,8-11,13-15H2,1H3,(H2,21,22,23). The molecule has 0 saturated carbocycles. The molecule has 1 saturated heterocycles. The fourth-order valence-corrected chi connectivity index (χ4v) is 3.09. The van der Waals surface area contributed by atoms with Crippen LogP contribution in [0.1, 0.15) is 29.7 Å². The SMILES string of the molecule is CN=C(NCc1ccc(CN2CCC(O)CC2)cc1)NCc1ccco1. The molecule has 26 heavy (non-hydrogen) atoms. The molecule has 0 amide bonds. The van der Waals surface area contributed by atoms with Crippen LogP contribution in [0.5, 0.6) is 0 Å². The van der Waals surface area contributed by atoms with Gasteiger partial charge in [-0.3, -0.25) is 9.89 Å². The van der Waals surface area contributed by atoms with Gasteiger partial charge in [-0.1, -0.05) is 24.3 Å². The Morgan fingerprint density at radius 2 is 1.81 bits per heavy atom. The van der Waals surface area contributed by atoms with Crippen LogP contribution >= 0.6 is 0 Å². The van der Waals surface area contributed by atoms with E-state index < -0.39 is 0 Å². The summed E-state index contributed by atoms with van der Waals surface area (Å²) in [6.07, 6.45) is 3.31. The van der Waals surface area contributed by atoms with Gasteiger partial charge >= 0.3 is 0 Å². The molecule has 2 aromatic rings. The van der Waals surface area contributed by atoms with E-state index in [1.165, 1.54) is 11.1 Å². The van der Waals surface area contributed by atoms with Gasteiger partial charge in [0.05, 0.1) is 18.9 Å². The zero-order valence-electron chi connectivity index (χ0n) is 15.3. The monoisotopic (exact) mass is 356 g/mol. The lowest BCUT2D eigenvalue weighted by molar-refractivity contribution is 0.0792. The van der Waals surface area contributed by atoms with Crippen molar-refractivity contribution in [2.24, 2.45) is 4.99 Å². The third-order valence-electron chi connectivity index (χ3n) is 4.68. The molecule has 1 aromatic carbocycles. The number of likely N-dealkylation sites (tertiary alicyclic amines) is 1. The summed E-state index contributed by atoms with van der Waals surface area (Å²) in [5.41, 5.74) is 2.52. The van der Waals surface area contributed by atoms with Gasteiger partial charge < -0.3 is 20.2 Å². The fourth-order valence-electron chi connectivity index (χ4n) is 3.09. The molecule has 0 bridgehead atoms. The van der Waals surface area contributed by atoms with Crippen LogP contribution in [0.25, 0.3) is 0 Å². The molecule has 0 unspecified atom stereocenters. The van der Waals surface area contributed by atoms with Crippen molar-refractivity contribution in [2.75, 3.05) is 20.1 Å². The van der Waals surface area contributed by atoms with Crippen LogP contribution in [0.15, 0.2) is 52.1 Å². The van der Waals surface area contributed by atoms with Gasteiger partial charge in [-0.2, -0.15) is 0 Å². The molecular formula is C20H28N4O2. The van der Waals surface area contributed by atoms with Crippen LogP contribution < -0.4 is 10.6 Å². The average molecular weight is 356 g/mol. The number of guanidine groups is 1. The quantitative estimate of drug-likeness (QED) is 0.546. The Kier molecular flexibility index (Phi) is 6.68. The molecule has 1 aliphatic rings. The highest BCUT2D eigenvalue weighted by atomic mass is 16.3. The van der Waals surface area contributed by atoms with Gasteiger partial charge in [-0.25, -0.2) is 0 Å². The van der Waals surface area contributed by atoms with Crippen molar-refractivity contribution in [1.82, 2.24) is 15.5 Å². The third-order valence-corrected chi connectivity index (χ3v) is 4.68. The first-order valence-electron chi connectivity index (χ1n) is 9.18. The van der Waals surface area contributed by atoms with E-state index in [2.05, 4.69) is 44.8 Å². The summed E-state index contributed by atoms with van der Waals surface area (Å²) in [7, 11) is 1.76. The van der Waals surface area contributed by atoms with Crippen LogP contribution in [-0.2, 0) is 19.6 Å². The second kappa shape index (κ2) is 9.40. The Hall–Kier alpha value is -2.31. The molecule has 0 atom stereocenters. The van der Waals surface area contributed by atoms with Crippen molar-refractivity contribution in [3.8, 4) is 0 Å². The van der Waals surface area contributed by atoms with Crippen LogP contribution in [0.3, 0.4) is 0 Å². The molecule has 1 aromatic heterocycles. The number of furan rings is 1. The van der Waals surface area contributed by atoms with E-state index in [9.17, 15) is 5.11 Å². The van der Waals surface area contributed by atoms with Crippen LogP contribution in [-0.4, -0.2) is 42.2 Å². The molecule has 6 heteroatoms. The summed E-state index contributed by atoms with van der Waals surface area (Å²) in [5.74, 6) is 1.62. The maximum absolute atomic E-state index is 9.59. The Balaban J connectivity index is 1.43. The number of nitrogens with zero attached hydrogens (tertiary/aromatic N) is 2. The van der Waals surface area contributed by atoms with Gasteiger partial charge in [-0.15, -0.1) is 0 Å². The Bertz CT molecular complexity index is 674. The summed E-state index contributed by atoms with van der Waals surface area (Å²) < 4.78 is 5.31. The molecule has 3 rings (SSSR count). The zero-order valence-corrected chi connectivity index (χ0v) is 15.3. The number of aliphatic imine (C=N–C) groups is 1. The first kappa shape index (κ1) is 18.5. The first-order chi connectivity index (χ1) is 12.7.